The molecule has 0 heterocycles. The van der Waals surface area contributed by atoms with E-state index in [1.54, 1.807) is 11.1 Å². The lowest BCUT2D eigenvalue weighted by Gasteiger charge is -2.58. The van der Waals surface area contributed by atoms with Crippen molar-refractivity contribution in [1.29, 1.82) is 0 Å². The molecule has 72 heavy (non-hydrogen) atoms. The molecule has 8 rings (SSSR count). The topological polar surface area (TPSA) is 76.1 Å². The van der Waals surface area contributed by atoms with Gasteiger partial charge in [-0.2, -0.15) is 0 Å². The zero-order valence-corrected chi connectivity index (χ0v) is 48.7. The summed E-state index contributed by atoms with van der Waals surface area (Å²) < 4.78 is 12.6. The summed E-state index contributed by atoms with van der Waals surface area (Å²) in [6, 6.07) is 0. The number of allylic oxidation sites excluding steroid dienone is 2. The van der Waals surface area contributed by atoms with Gasteiger partial charge < -0.3 is 19.5 Å². The van der Waals surface area contributed by atoms with E-state index in [2.05, 4.69) is 100 Å². The van der Waals surface area contributed by atoms with Gasteiger partial charge in [-0.05, 0) is 214 Å². The first kappa shape index (κ1) is 56.5. The summed E-state index contributed by atoms with van der Waals surface area (Å²) in [6.07, 6.45) is 32.5. The SMILES string of the molecule is CC(C)C(C)CCC(C)C1CCC2C3CC=C4CC(OC(=O)CCN(CCCCO)CCC(=O)OC5CCC6(C)C(=CCC7C6CCC6(C)C(C(C)CCC(C)C(C)C)CCC76)C5)CCC4(C)C3CCC12C. The molecule has 6 fully saturated rings. The van der Waals surface area contributed by atoms with Crippen LogP contribution in [0.3, 0.4) is 0 Å². The Morgan fingerprint density at radius 1 is 0.556 bits per heavy atom. The van der Waals surface area contributed by atoms with Crippen LogP contribution in [-0.4, -0.2) is 60.4 Å². The molecule has 0 spiro atoms. The van der Waals surface area contributed by atoms with Crippen molar-refractivity contribution in [2.45, 2.75) is 249 Å². The predicted octanol–water partition coefficient (Wildman–Crippen LogP) is 16.2. The Morgan fingerprint density at radius 2 is 0.986 bits per heavy atom. The van der Waals surface area contributed by atoms with Crippen LogP contribution in [-0.2, 0) is 19.1 Å². The van der Waals surface area contributed by atoms with E-state index < -0.39 is 0 Å². The van der Waals surface area contributed by atoms with Gasteiger partial charge in [0, 0.05) is 32.5 Å². The van der Waals surface area contributed by atoms with E-state index in [1.807, 2.05) is 0 Å². The number of unbranched alkanes of at least 4 members (excludes halogenated alkanes) is 1. The Bertz CT molecular complexity index is 1760. The third-order valence-corrected chi connectivity index (χ3v) is 24.8. The number of hydrogen-bond acceptors (Lipinski definition) is 6. The fraction of sp³-hybridized carbons (Fsp3) is 0.909. The Labute approximate surface area is 442 Å². The summed E-state index contributed by atoms with van der Waals surface area (Å²) >= 11 is 0. The zero-order valence-electron chi connectivity index (χ0n) is 48.7. The van der Waals surface area contributed by atoms with Crippen LogP contribution in [0.1, 0.15) is 237 Å². The lowest BCUT2D eigenvalue weighted by atomic mass is 9.47. The highest BCUT2D eigenvalue weighted by atomic mass is 16.5. The standard InChI is InChI=1S/C66H111NO5/c1-43(2)45(5)15-17-47(7)55-23-25-57-53-21-19-49-41-51(27-33-63(49,9)59(53)29-35-65(55,57)11)71-61(69)31-38-67(37-13-14-40-68)39-32-62(70)72-52-28-34-64(10)50(42-52)20-22-54-58-26-24-56(66(58,12)36-30-60(54)64)48(8)18-16-46(6)44(3)4/h19-20,43-48,51-60,68H,13-18,21-42H2,1-12H3. The van der Waals surface area contributed by atoms with Gasteiger partial charge in [0.2, 0.25) is 0 Å². The molecule has 6 nitrogen and oxygen atoms in total. The molecule has 0 bridgehead atoms. The molecular formula is C66H111NO5. The van der Waals surface area contributed by atoms with E-state index >= 15 is 0 Å². The average molecular weight is 999 g/mol. The van der Waals surface area contributed by atoms with Gasteiger partial charge in [-0.1, -0.05) is 132 Å². The number of aliphatic hydroxyl groups is 1. The fourth-order valence-electron chi connectivity index (χ4n) is 19.3. The maximum atomic E-state index is 13.6. The van der Waals surface area contributed by atoms with Crippen LogP contribution >= 0.6 is 0 Å². The molecule has 410 valence electrons. The first-order chi connectivity index (χ1) is 34.2. The highest BCUT2D eigenvalue weighted by Gasteiger charge is 2.61. The second kappa shape index (κ2) is 23.5. The van der Waals surface area contributed by atoms with Crippen molar-refractivity contribution < 1.29 is 24.2 Å². The van der Waals surface area contributed by atoms with Crippen molar-refractivity contribution in [1.82, 2.24) is 4.90 Å². The van der Waals surface area contributed by atoms with Crippen LogP contribution in [0.4, 0.5) is 0 Å². The number of hydrogen-bond donors (Lipinski definition) is 1. The lowest BCUT2D eigenvalue weighted by molar-refractivity contribution is -0.152. The van der Waals surface area contributed by atoms with Crippen molar-refractivity contribution in [3.8, 4) is 0 Å². The largest absolute Gasteiger partial charge is 0.462 e. The van der Waals surface area contributed by atoms with Crippen LogP contribution in [0, 0.1) is 105 Å². The number of rotatable bonds is 22. The van der Waals surface area contributed by atoms with E-state index in [-0.39, 0.29) is 41.6 Å². The molecule has 18 atom stereocenters. The van der Waals surface area contributed by atoms with Crippen LogP contribution in [0.25, 0.3) is 0 Å². The number of aliphatic hydroxyl groups excluding tert-OH is 1. The third-order valence-electron chi connectivity index (χ3n) is 24.8. The van der Waals surface area contributed by atoms with Gasteiger partial charge in [0.05, 0.1) is 12.8 Å². The van der Waals surface area contributed by atoms with Crippen molar-refractivity contribution in [2.24, 2.45) is 105 Å². The molecule has 0 amide bonds. The number of carbonyl (C=O) groups excluding carboxylic acids is 2. The van der Waals surface area contributed by atoms with E-state index in [1.165, 1.54) is 89.9 Å². The molecular weight excluding hydrogens is 887 g/mol. The molecule has 6 saturated carbocycles. The summed E-state index contributed by atoms with van der Waals surface area (Å²) in [5.41, 5.74) is 4.59. The average Bonchev–Trinajstić information content (AvgIpc) is 3.90. The van der Waals surface area contributed by atoms with Crippen LogP contribution in [0.15, 0.2) is 23.3 Å². The monoisotopic (exact) mass is 998 g/mol. The van der Waals surface area contributed by atoms with Crippen molar-refractivity contribution in [2.75, 3.05) is 26.2 Å². The summed E-state index contributed by atoms with van der Waals surface area (Å²) in [5, 5.41) is 9.59. The Morgan fingerprint density at radius 3 is 1.39 bits per heavy atom. The molecule has 8 aliphatic carbocycles. The highest BCUT2D eigenvalue weighted by molar-refractivity contribution is 5.70. The van der Waals surface area contributed by atoms with Gasteiger partial charge in [0.15, 0.2) is 0 Å². The van der Waals surface area contributed by atoms with Gasteiger partial charge in [0.25, 0.3) is 0 Å². The van der Waals surface area contributed by atoms with Gasteiger partial charge in [-0.25, -0.2) is 0 Å². The first-order valence-electron chi connectivity index (χ1n) is 31.3. The van der Waals surface area contributed by atoms with Crippen LogP contribution < -0.4 is 0 Å². The van der Waals surface area contributed by atoms with Gasteiger partial charge in [-0.3, -0.25) is 9.59 Å². The minimum atomic E-state index is -0.111. The molecule has 0 aromatic rings. The van der Waals surface area contributed by atoms with E-state index in [9.17, 15) is 14.7 Å². The van der Waals surface area contributed by atoms with Crippen LogP contribution in [0.2, 0.25) is 0 Å². The van der Waals surface area contributed by atoms with Gasteiger partial charge in [-0.15, -0.1) is 0 Å². The summed E-state index contributed by atoms with van der Waals surface area (Å²) in [7, 11) is 0. The van der Waals surface area contributed by atoms with Crippen LogP contribution in [0.5, 0.6) is 0 Å². The minimum absolute atomic E-state index is 0.0388. The number of fused-ring (bicyclic) bond motifs is 10. The normalized spacial score (nSPS) is 39.9. The fourth-order valence-corrected chi connectivity index (χ4v) is 19.3. The number of carbonyl (C=O) groups is 2. The molecule has 8 aliphatic rings. The Hall–Kier alpha value is -1.66. The summed E-state index contributed by atoms with van der Waals surface area (Å²) in [6.45, 7) is 32.2. The quantitative estimate of drug-likeness (QED) is 0.0662. The smallest absolute Gasteiger partial charge is 0.307 e. The summed E-state index contributed by atoms with van der Waals surface area (Å²) in [5.74, 6) is 11.1. The van der Waals surface area contributed by atoms with Crippen molar-refractivity contribution in [3.63, 3.8) is 0 Å². The number of esters is 2. The maximum absolute atomic E-state index is 13.6. The Balaban J connectivity index is 0.785. The molecule has 0 aromatic heterocycles. The predicted molar refractivity (Wildman–Crippen MR) is 297 cm³/mol. The molecule has 0 aromatic carbocycles. The molecule has 18 unspecified atom stereocenters. The first-order valence-corrected chi connectivity index (χ1v) is 31.3. The molecule has 0 radical (unpaired) electrons. The van der Waals surface area contributed by atoms with Gasteiger partial charge in [0.1, 0.15) is 12.2 Å². The van der Waals surface area contributed by atoms with Gasteiger partial charge >= 0.3 is 11.9 Å². The zero-order chi connectivity index (χ0) is 51.8. The van der Waals surface area contributed by atoms with Crippen molar-refractivity contribution >= 4 is 11.9 Å². The summed E-state index contributed by atoms with van der Waals surface area (Å²) in [4.78, 5) is 29.4. The van der Waals surface area contributed by atoms with E-state index in [0.717, 1.165) is 141 Å². The molecule has 0 aliphatic heterocycles. The molecule has 1 N–H and O–H groups in total. The van der Waals surface area contributed by atoms with E-state index in [4.69, 9.17) is 9.47 Å². The molecule has 0 saturated heterocycles. The second-order valence-corrected chi connectivity index (χ2v) is 29.0. The van der Waals surface area contributed by atoms with E-state index in [0.29, 0.717) is 36.8 Å². The number of nitrogens with zero attached hydrogens (tertiary/aromatic N) is 1. The number of ether oxygens (including phenoxy) is 2. The third kappa shape index (κ3) is 11.6. The Kier molecular flexibility index (Phi) is 18.5. The minimum Gasteiger partial charge on any atom is -0.462 e. The molecule has 6 heteroatoms. The van der Waals surface area contributed by atoms with Crippen molar-refractivity contribution in [3.05, 3.63) is 23.3 Å². The maximum Gasteiger partial charge on any atom is 0.307 e. The highest BCUT2D eigenvalue weighted by Crippen LogP contribution is 2.69. The second-order valence-electron chi connectivity index (χ2n) is 29.0. The lowest BCUT2D eigenvalue weighted by Crippen LogP contribution is -2.51.